The molecule has 0 radical (unpaired) electrons. The van der Waals surface area contributed by atoms with Gasteiger partial charge in [-0.3, -0.25) is 9.59 Å². The number of anilines is 4. The number of hydrogen-bond donors (Lipinski definition) is 5. The van der Waals surface area contributed by atoms with Crippen LogP contribution in [0.5, 0.6) is 0 Å². The number of primary amides is 1. The molecule has 2 aromatic rings. The second kappa shape index (κ2) is 14.0. The molecule has 0 aliphatic carbocycles. The first-order chi connectivity index (χ1) is 19.1. The number of pyridine rings is 1. The Kier molecular flexibility index (Phi) is 10.8. The van der Waals surface area contributed by atoms with Gasteiger partial charge in [-0.2, -0.15) is 4.31 Å². The molecule has 3 heterocycles. The van der Waals surface area contributed by atoms with Crippen molar-refractivity contribution in [2.24, 2.45) is 5.73 Å². The van der Waals surface area contributed by atoms with Gasteiger partial charge in [0.2, 0.25) is 15.9 Å². The molecule has 1 fully saturated rings. The lowest BCUT2D eigenvalue weighted by Gasteiger charge is -2.25. The normalized spacial score (nSPS) is 14.8. The summed E-state index contributed by atoms with van der Waals surface area (Å²) >= 11 is 0. The fourth-order valence-electron chi connectivity index (χ4n) is 3.90. The number of sulfonamides is 1. The predicted molar refractivity (Wildman–Crippen MR) is 153 cm³/mol. The molecule has 6 N–H and O–H groups in total. The van der Waals surface area contributed by atoms with E-state index in [4.69, 9.17) is 10.5 Å². The molecule has 14 nitrogen and oxygen atoms in total. The van der Waals surface area contributed by atoms with Gasteiger partial charge in [0.25, 0.3) is 5.91 Å². The summed E-state index contributed by atoms with van der Waals surface area (Å²) in [6.07, 6.45) is 3.82. The van der Waals surface area contributed by atoms with Crippen LogP contribution in [0.25, 0.3) is 0 Å². The molecule has 3 rings (SSSR count). The minimum absolute atomic E-state index is 0.0287. The van der Waals surface area contributed by atoms with E-state index in [0.717, 1.165) is 22.6 Å². The lowest BCUT2D eigenvalue weighted by molar-refractivity contribution is -0.124. The standard InChI is InChI=1S/C25H37N9O5S/c1-5-19-23(30-17-8-13-39-14-9-17)33-24(21(32-19)22(26)35)31-18-7-10-27-20(15-18)28-11-12-29-25(36)16(3)34(4)40(37,38)6-2/h6-7,10,15-17H,2,5,8-9,11-14H2,1,3-4H3,(H2,26,35)(H,29,36)(H3,27,28,30,31,33)/t16-/m0/s1. The van der Waals surface area contributed by atoms with E-state index in [1.54, 1.807) is 18.3 Å². The summed E-state index contributed by atoms with van der Waals surface area (Å²) in [6.45, 7) is 8.57. The van der Waals surface area contributed by atoms with Crippen LogP contribution in [0.1, 0.15) is 42.9 Å². The molecular formula is C25H37N9O5S. The minimum Gasteiger partial charge on any atom is -0.381 e. The zero-order valence-corrected chi connectivity index (χ0v) is 23.8. The van der Waals surface area contributed by atoms with Crippen molar-refractivity contribution >= 4 is 45.0 Å². The Morgan fingerprint density at radius 1 is 1.25 bits per heavy atom. The van der Waals surface area contributed by atoms with Crippen LogP contribution in [0.15, 0.2) is 30.3 Å². The van der Waals surface area contributed by atoms with Crippen LogP contribution in [-0.4, -0.2) is 84.9 Å². The summed E-state index contributed by atoms with van der Waals surface area (Å²) in [4.78, 5) is 37.9. The third-order valence-electron chi connectivity index (χ3n) is 6.39. The molecule has 40 heavy (non-hydrogen) atoms. The van der Waals surface area contributed by atoms with Crippen LogP contribution in [0.3, 0.4) is 0 Å². The molecular weight excluding hydrogens is 538 g/mol. The Balaban J connectivity index is 1.65. The molecule has 0 unspecified atom stereocenters. The highest BCUT2D eigenvalue weighted by Crippen LogP contribution is 2.25. The number of nitrogens with one attached hydrogen (secondary N) is 4. The van der Waals surface area contributed by atoms with Gasteiger partial charge in [-0.15, -0.1) is 0 Å². The van der Waals surface area contributed by atoms with Gasteiger partial charge in [-0.1, -0.05) is 13.5 Å². The Labute approximate surface area is 234 Å². The number of carbonyl (C=O) groups excluding carboxylic acids is 2. The van der Waals surface area contributed by atoms with E-state index in [2.05, 4.69) is 42.8 Å². The van der Waals surface area contributed by atoms with Crippen LogP contribution in [0.4, 0.5) is 23.1 Å². The number of ether oxygens (including phenoxy) is 1. The maximum absolute atomic E-state index is 12.3. The summed E-state index contributed by atoms with van der Waals surface area (Å²) < 4.78 is 30.1. The number of carbonyl (C=O) groups is 2. The van der Waals surface area contributed by atoms with Crippen LogP contribution in [0, 0.1) is 0 Å². The maximum Gasteiger partial charge on any atom is 0.271 e. The average Bonchev–Trinajstić information content (AvgIpc) is 2.95. The highest BCUT2D eigenvalue weighted by atomic mass is 32.2. The quantitative estimate of drug-likeness (QED) is 0.203. The Morgan fingerprint density at radius 3 is 2.62 bits per heavy atom. The molecule has 1 atom stereocenters. The van der Waals surface area contributed by atoms with Crippen molar-refractivity contribution in [1.29, 1.82) is 0 Å². The first kappa shape index (κ1) is 30.7. The number of hydrogen-bond acceptors (Lipinski definition) is 11. The summed E-state index contributed by atoms with van der Waals surface area (Å²) in [5.41, 5.74) is 6.88. The van der Waals surface area contributed by atoms with Gasteiger partial charge in [0.05, 0.1) is 5.69 Å². The van der Waals surface area contributed by atoms with E-state index in [1.807, 2.05) is 6.92 Å². The van der Waals surface area contributed by atoms with E-state index in [-0.39, 0.29) is 24.1 Å². The van der Waals surface area contributed by atoms with Crippen molar-refractivity contribution in [1.82, 2.24) is 24.6 Å². The van der Waals surface area contributed by atoms with Gasteiger partial charge in [-0.05, 0) is 32.3 Å². The van der Waals surface area contributed by atoms with E-state index in [9.17, 15) is 18.0 Å². The van der Waals surface area contributed by atoms with Gasteiger partial charge in [0, 0.05) is 62.8 Å². The number of nitrogens with zero attached hydrogens (tertiary/aromatic N) is 4. The van der Waals surface area contributed by atoms with Crippen molar-refractivity contribution in [3.05, 3.63) is 41.7 Å². The van der Waals surface area contributed by atoms with Gasteiger partial charge in [-0.25, -0.2) is 23.4 Å². The van der Waals surface area contributed by atoms with E-state index in [1.165, 1.54) is 14.0 Å². The zero-order valence-electron chi connectivity index (χ0n) is 22.9. The van der Waals surface area contributed by atoms with Crippen LogP contribution in [0.2, 0.25) is 0 Å². The molecule has 0 bridgehead atoms. The van der Waals surface area contributed by atoms with E-state index < -0.39 is 27.9 Å². The zero-order chi connectivity index (χ0) is 29.3. The third kappa shape index (κ3) is 8.09. The number of rotatable bonds is 14. The fourth-order valence-corrected chi connectivity index (χ4v) is 4.67. The third-order valence-corrected chi connectivity index (χ3v) is 7.93. The largest absolute Gasteiger partial charge is 0.381 e. The van der Waals surface area contributed by atoms with E-state index >= 15 is 0 Å². The number of amides is 2. The number of nitrogens with two attached hydrogens (primary N) is 1. The SMILES string of the molecule is C=CS(=O)(=O)N(C)[C@@H](C)C(=O)NCCNc1cc(Nc2nc(NC3CCOCC3)c(CC)nc2C(N)=O)ccn1. The minimum atomic E-state index is -3.71. The predicted octanol–water partition coefficient (Wildman–Crippen LogP) is 1.19. The van der Waals surface area contributed by atoms with Crippen molar-refractivity contribution in [2.75, 3.05) is 49.3 Å². The molecule has 0 saturated carbocycles. The molecule has 218 valence electrons. The maximum atomic E-state index is 12.3. The van der Waals surface area contributed by atoms with Gasteiger partial charge < -0.3 is 31.7 Å². The molecule has 1 aliphatic heterocycles. The van der Waals surface area contributed by atoms with Crippen molar-refractivity contribution in [3.8, 4) is 0 Å². The molecule has 2 amide bonds. The van der Waals surface area contributed by atoms with Crippen molar-refractivity contribution < 1.29 is 22.7 Å². The molecule has 15 heteroatoms. The Bertz CT molecular complexity index is 1320. The van der Waals surface area contributed by atoms with Crippen LogP contribution >= 0.6 is 0 Å². The lowest BCUT2D eigenvalue weighted by Crippen LogP contribution is -2.46. The molecule has 1 aliphatic rings. The first-order valence-corrected chi connectivity index (χ1v) is 14.5. The van der Waals surface area contributed by atoms with Gasteiger partial charge in [0.1, 0.15) is 11.9 Å². The molecule has 2 aromatic heterocycles. The lowest BCUT2D eigenvalue weighted by atomic mass is 10.1. The van der Waals surface area contributed by atoms with Crippen molar-refractivity contribution in [3.63, 3.8) is 0 Å². The highest BCUT2D eigenvalue weighted by Gasteiger charge is 2.25. The summed E-state index contributed by atoms with van der Waals surface area (Å²) in [6, 6.07) is 2.70. The van der Waals surface area contributed by atoms with Gasteiger partial charge in [0.15, 0.2) is 17.3 Å². The number of aryl methyl sites for hydroxylation is 1. The molecule has 0 spiro atoms. The molecule has 0 aromatic carbocycles. The van der Waals surface area contributed by atoms with E-state index in [0.29, 0.717) is 49.2 Å². The highest BCUT2D eigenvalue weighted by molar-refractivity contribution is 7.92. The summed E-state index contributed by atoms with van der Waals surface area (Å²) in [5.74, 6) is 0.155. The monoisotopic (exact) mass is 575 g/mol. The number of aromatic nitrogens is 3. The molecule has 1 saturated heterocycles. The topological polar surface area (TPSA) is 194 Å². The average molecular weight is 576 g/mol. The first-order valence-electron chi connectivity index (χ1n) is 13.0. The Morgan fingerprint density at radius 2 is 1.98 bits per heavy atom. The van der Waals surface area contributed by atoms with Gasteiger partial charge >= 0.3 is 0 Å². The summed E-state index contributed by atoms with van der Waals surface area (Å²) in [5, 5.41) is 13.1. The van der Waals surface area contributed by atoms with Crippen LogP contribution in [-0.2, 0) is 26.0 Å². The second-order valence-electron chi connectivity index (χ2n) is 9.14. The smallest absolute Gasteiger partial charge is 0.271 e. The number of likely N-dealkylation sites (N-methyl/N-ethyl adjacent to an activating group) is 1. The summed E-state index contributed by atoms with van der Waals surface area (Å²) in [7, 11) is -2.40. The van der Waals surface area contributed by atoms with Crippen molar-refractivity contribution in [2.45, 2.75) is 45.2 Å². The second-order valence-corrected chi connectivity index (χ2v) is 11.1. The Hall–Kier alpha value is -3.82. The van der Waals surface area contributed by atoms with Crippen LogP contribution < -0.4 is 27.0 Å². The fraction of sp³-hybridized carbons (Fsp3) is 0.480.